The van der Waals surface area contributed by atoms with Gasteiger partial charge < -0.3 is 25.8 Å². The van der Waals surface area contributed by atoms with Gasteiger partial charge in [0.25, 0.3) is 18.7 Å². The highest BCUT2D eigenvalue weighted by Gasteiger charge is 2.53. The highest BCUT2D eigenvalue weighted by atomic mass is 32.2. The lowest BCUT2D eigenvalue weighted by Gasteiger charge is -2.50. The quantitative estimate of drug-likeness (QED) is 0.162. The van der Waals surface area contributed by atoms with Crippen molar-refractivity contribution in [2.24, 2.45) is 5.16 Å². The number of aliphatic carboxylic acids is 1. The molecule has 2 amide bonds. The molecule has 12 nitrogen and oxygen atoms in total. The second-order valence-electron chi connectivity index (χ2n) is 7.42. The molecule has 3 aromatic heterocycles. The Balaban J connectivity index is 1.35. The van der Waals surface area contributed by atoms with Gasteiger partial charge in [-0.2, -0.15) is 4.40 Å². The number of fused-ring (bicyclic) bond motifs is 2. The molecule has 3 aromatic rings. The van der Waals surface area contributed by atoms with Crippen LogP contribution in [0.1, 0.15) is 5.69 Å². The number of rotatable bonds is 8. The minimum absolute atomic E-state index is 0.0560. The Kier molecular flexibility index (Phi) is 6.16. The summed E-state index contributed by atoms with van der Waals surface area (Å²) in [6.07, 6.45) is 5.60. The van der Waals surface area contributed by atoms with Crippen LogP contribution in [-0.4, -0.2) is 61.8 Å². The number of hydrogen-bond acceptors (Lipinski definition) is 11. The predicted octanol–water partition coefficient (Wildman–Crippen LogP) is -0.921. The highest BCUT2D eigenvalue weighted by Crippen LogP contribution is 2.40. The first-order chi connectivity index (χ1) is 16.9. The van der Waals surface area contributed by atoms with E-state index >= 15 is 0 Å². The van der Waals surface area contributed by atoms with Crippen LogP contribution >= 0.6 is 34.4 Å². The summed E-state index contributed by atoms with van der Waals surface area (Å²) in [6.45, 7) is -1.01. The number of carbonyl (C=O) groups is 3. The number of carbonyl (C=O) groups excluding carboxylic acids is 3. The zero-order valence-corrected chi connectivity index (χ0v) is 20.1. The summed E-state index contributed by atoms with van der Waals surface area (Å²) < 4.78 is 16.2. The molecule has 0 unspecified atom stereocenters. The number of anilines is 1. The van der Waals surface area contributed by atoms with Gasteiger partial charge in [-0.25, -0.2) is 13.9 Å². The lowest BCUT2D eigenvalue weighted by Crippen LogP contribution is -2.71. The summed E-state index contributed by atoms with van der Waals surface area (Å²) in [6, 6.07) is -1.03. The van der Waals surface area contributed by atoms with Crippen LogP contribution in [0.5, 0.6) is 0 Å². The van der Waals surface area contributed by atoms with Crippen molar-refractivity contribution in [3.05, 3.63) is 46.4 Å². The molecule has 0 spiro atoms. The fourth-order valence-electron chi connectivity index (χ4n) is 3.83. The van der Waals surface area contributed by atoms with E-state index in [0.29, 0.717) is 11.3 Å². The first-order valence-electron chi connectivity index (χ1n) is 9.98. The van der Waals surface area contributed by atoms with Crippen molar-refractivity contribution in [2.45, 2.75) is 18.0 Å². The molecule has 2 aliphatic rings. The number of alkyl halides is 1. The van der Waals surface area contributed by atoms with E-state index in [1.54, 1.807) is 0 Å². The summed E-state index contributed by atoms with van der Waals surface area (Å²) in [5.74, 6) is -2.60. The smallest absolute Gasteiger partial charge is 0.276 e. The van der Waals surface area contributed by atoms with Gasteiger partial charge in [0.05, 0.1) is 11.7 Å². The number of halogens is 1. The third kappa shape index (κ3) is 4.23. The fraction of sp³-hybridized carbons (Fsp3) is 0.263. The molecule has 182 valence electrons. The van der Waals surface area contributed by atoms with E-state index in [4.69, 9.17) is 5.73 Å². The van der Waals surface area contributed by atoms with Gasteiger partial charge in [-0.05, 0) is 0 Å². The Bertz CT molecular complexity index is 1370. The summed E-state index contributed by atoms with van der Waals surface area (Å²) in [5, 5.41) is 20.8. The molecule has 35 heavy (non-hydrogen) atoms. The van der Waals surface area contributed by atoms with Gasteiger partial charge in [0.15, 0.2) is 10.8 Å². The summed E-state index contributed by atoms with van der Waals surface area (Å²) in [7, 11) is 0. The zero-order chi connectivity index (χ0) is 24.7. The van der Waals surface area contributed by atoms with Gasteiger partial charge in [-0.3, -0.25) is 14.5 Å². The van der Waals surface area contributed by atoms with Gasteiger partial charge in [0.1, 0.15) is 36.0 Å². The molecule has 1 saturated heterocycles. The van der Waals surface area contributed by atoms with Crippen molar-refractivity contribution in [1.82, 2.24) is 19.6 Å². The van der Waals surface area contributed by atoms with Crippen molar-refractivity contribution in [3.63, 3.8) is 0 Å². The van der Waals surface area contributed by atoms with Gasteiger partial charge in [-0.1, -0.05) is 16.5 Å². The molecule has 0 bridgehead atoms. The number of imidazole rings is 1. The first kappa shape index (κ1) is 23.3. The highest BCUT2D eigenvalue weighted by molar-refractivity contribution is 8.00. The summed E-state index contributed by atoms with van der Waals surface area (Å²) in [5.41, 5.74) is 5.61. The molecule has 0 radical (unpaired) electrons. The molecule has 16 heteroatoms. The van der Waals surface area contributed by atoms with Crippen molar-refractivity contribution in [2.75, 3.05) is 18.3 Å². The van der Waals surface area contributed by atoms with Gasteiger partial charge in [0.2, 0.25) is 11.2 Å². The number of nitrogens with one attached hydrogen (secondary N) is 1. The zero-order valence-electron chi connectivity index (χ0n) is 17.6. The number of thioether (sulfide) groups is 1. The molecule has 5 heterocycles. The molecule has 1 fully saturated rings. The number of nitrogen functional groups attached to an aromatic ring is 1. The van der Waals surface area contributed by atoms with Crippen LogP contribution in [0.2, 0.25) is 0 Å². The third-order valence-electron chi connectivity index (χ3n) is 5.30. The van der Waals surface area contributed by atoms with E-state index in [1.165, 1.54) is 28.5 Å². The third-order valence-corrected chi connectivity index (χ3v) is 8.13. The number of β-lactam (4-membered cyclic amide) rings is 1. The SMILES string of the molecule is Nc1nc(/C(=N/OCF)C(=O)N[C@@H]2C(=O)N3C(C(=O)[O-])=C(C[n+]4cc5sccn5c4)CS[C@H]23)cs1. The van der Waals surface area contributed by atoms with E-state index in [1.807, 2.05) is 33.1 Å². The molecule has 3 N–H and O–H groups in total. The molecular formula is C19H16FN7O5S3. The fourth-order valence-corrected chi connectivity index (χ4v) is 6.47. The van der Waals surface area contributed by atoms with Crippen molar-refractivity contribution < 1.29 is 33.3 Å². The number of carboxylic acids is 1. The number of oxime groups is 1. The maximum atomic E-state index is 12.9. The molecule has 2 aliphatic heterocycles. The van der Waals surface area contributed by atoms with Gasteiger partial charge in [0, 0.05) is 22.1 Å². The molecule has 0 aromatic carbocycles. The Morgan fingerprint density at radius 3 is 2.94 bits per heavy atom. The molecular weight excluding hydrogens is 521 g/mol. The monoisotopic (exact) mass is 537 g/mol. The van der Waals surface area contributed by atoms with E-state index in [0.717, 1.165) is 21.1 Å². The Labute approximate surface area is 208 Å². The second-order valence-corrected chi connectivity index (χ2v) is 10.3. The summed E-state index contributed by atoms with van der Waals surface area (Å²) in [4.78, 5) is 48.1. The van der Waals surface area contributed by atoms with Crippen LogP contribution in [0, 0.1) is 0 Å². The topological polar surface area (TPSA) is 158 Å². The second kappa shape index (κ2) is 9.27. The lowest BCUT2D eigenvalue weighted by molar-refractivity contribution is -0.687. The van der Waals surface area contributed by atoms with Gasteiger partial charge in [-0.15, -0.1) is 23.1 Å². The standard InChI is InChI=1S/C19H16FN7O5S3/c20-7-32-24-12(10-6-35-19(21)22-10)15(28)23-13-16(29)27-14(18(30)31)9(5-34-17(13)27)3-25-4-11-26(8-25)1-2-33-11/h1-2,4,6,8,13,17H,3,5,7H2,(H3-,21,22,23,28,30,31)/b24-12-/t13-,17-/m1/s1. The number of nitrogens with two attached hydrogens (primary N) is 1. The first-order valence-corrected chi connectivity index (χ1v) is 12.8. The van der Waals surface area contributed by atoms with Gasteiger partial charge >= 0.3 is 0 Å². The van der Waals surface area contributed by atoms with E-state index in [-0.39, 0.29) is 28.8 Å². The van der Waals surface area contributed by atoms with Crippen molar-refractivity contribution in [3.8, 4) is 0 Å². The number of thiazole rings is 2. The Morgan fingerprint density at radius 2 is 2.26 bits per heavy atom. The number of carboxylic acid groups (broad SMARTS) is 1. The van der Waals surface area contributed by atoms with Crippen LogP contribution < -0.4 is 20.7 Å². The van der Waals surface area contributed by atoms with Crippen LogP contribution in [0.4, 0.5) is 9.52 Å². The van der Waals surface area contributed by atoms with E-state index < -0.39 is 36.1 Å². The molecule has 0 aliphatic carbocycles. The number of hydrogen-bond donors (Lipinski definition) is 2. The minimum atomic E-state index is -1.47. The Morgan fingerprint density at radius 1 is 1.43 bits per heavy atom. The van der Waals surface area contributed by atoms with Crippen LogP contribution in [0.3, 0.4) is 0 Å². The molecule has 0 saturated carbocycles. The van der Waals surface area contributed by atoms with Crippen LogP contribution in [-0.2, 0) is 25.8 Å². The molecule has 5 rings (SSSR count). The predicted molar refractivity (Wildman–Crippen MR) is 123 cm³/mol. The summed E-state index contributed by atoms with van der Waals surface area (Å²) >= 11 is 3.90. The average Bonchev–Trinajstić information content (AvgIpc) is 3.54. The number of amides is 2. The largest absolute Gasteiger partial charge is 0.543 e. The van der Waals surface area contributed by atoms with E-state index in [9.17, 15) is 23.9 Å². The average molecular weight is 538 g/mol. The maximum absolute atomic E-state index is 12.9. The maximum Gasteiger partial charge on any atom is 0.276 e. The number of nitrogens with zero attached hydrogens (tertiary/aromatic N) is 5. The minimum Gasteiger partial charge on any atom is -0.543 e. The van der Waals surface area contributed by atoms with Crippen molar-refractivity contribution in [1.29, 1.82) is 0 Å². The lowest BCUT2D eigenvalue weighted by atomic mass is 10.0. The normalized spacial score (nSPS) is 20.1. The number of aromatic nitrogens is 3. The molecule has 2 atom stereocenters. The van der Waals surface area contributed by atoms with E-state index in [2.05, 4.69) is 20.3 Å². The Hall–Kier alpha value is -3.50. The van der Waals surface area contributed by atoms with Crippen LogP contribution in [0.15, 0.2) is 45.9 Å². The van der Waals surface area contributed by atoms with Crippen molar-refractivity contribution >= 4 is 67.9 Å². The van der Waals surface area contributed by atoms with Crippen LogP contribution in [0.25, 0.3) is 4.83 Å².